The maximum atomic E-state index is 12.9. The molecule has 0 aromatic heterocycles. The van der Waals surface area contributed by atoms with Gasteiger partial charge in [-0.2, -0.15) is 13.2 Å². The van der Waals surface area contributed by atoms with Crippen LogP contribution in [0.2, 0.25) is 0 Å². The third-order valence-corrected chi connectivity index (χ3v) is 3.04. The first-order valence-electron chi connectivity index (χ1n) is 4.16. The Hall–Kier alpha value is -0.970. The maximum absolute atomic E-state index is 12.9. The van der Waals surface area contributed by atoms with Crippen molar-refractivity contribution >= 4 is 17.3 Å². The molecule has 1 aliphatic heterocycles. The lowest BCUT2D eigenvalue weighted by Crippen LogP contribution is -2.09. The first-order chi connectivity index (χ1) is 6.98. The minimum atomic E-state index is -4.63. The quantitative estimate of drug-likeness (QED) is 0.663. The molecule has 1 aromatic carbocycles. The number of rotatable bonds is 1. The van der Waals surface area contributed by atoms with Gasteiger partial charge in [-0.25, -0.2) is 4.39 Å². The molecule has 1 aliphatic rings. The first kappa shape index (κ1) is 10.5. The monoisotopic (exact) mass is 234 g/mol. The Bertz CT molecular complexity index is 420. The third kappa shape index (κ3) is 2.02. The molecule has 0 N–H and O–H groups in total. The van der Waals surface area contributed by atoms with E-state index in [0.29, 0.717) is 11.3 Å². The fraction of sp³-hybridized carbons (Fsp3) is 0.200. The van der Waals surface area contributed by atoms with E-state index >= 15 is 0 Å². The molecule has 0 amide bonds. The molecular weight excluding hydrogens is 228 g/mol. The van der Waals surface area contributed by atoms with Gasteiger partial charge in [0, 0.05) is 5.75 Å². The van der Waals surface area contributed by atoms with Crippen molar-refractivity contribution in [2.45, 2.75) is 6.18 Å². The van der Waals surface area contributed by atoms with E-state index in [1.807, 2.05) is 0 Å². The van der Waals surface area contributed by atoms with Crippen molar-refractivity contribution in [1.82, 2.24) is 0 Å². The van der Waals surface area contributed by atoms with Crippen LogP contribution in [0.25, 0.3) is 5.57 Å². The summed E-state index contributed by atoms with van der Waals surface area (Å²) in [7, 11) is 0. The lowest BCUT2D eigenvalue weighted by atomic mass is 10.0. The molecule has 0 saturated heterocycles. The highest BCUT2D eigenvalue weighted by Gasteiger charge is 2.34. The molecule has 2 rings (SSSR count). The summed E-state index contributed by atoms with van der Waals surface area (Å²) in [5, 5.41) is 1.77. The van der Waals surface area contributed by atoms with E-state index in [1.165, 1.54) is 17.8 Å². The maximum Gasteiger partial charge on any atom is 0.419 e. The third-order valence-electron chi connectivity index (χ3n) is 2.11. The minimum absolute atomic E-state index is 0.447. The van der Waals surface area contributed by atoms with Crippen LogP contribution in [0.3, 0.4) is 0 Å². The van der Waals surface area contributed by atoms with Crippen LogP contribution in [0, 0.1) is 5.82 Å². The predicted molar refractivity (Wildman–Crippen MR) is 51.8 cm³/mol. The van der Waals surface area contributed by atoms with Gasteiger partial charge in [-0.1, -0.05) is 6.07 Å². The van der Waals surface area contributed by atoms with E-state index in [2.05, 4.69) is 0 Å². The highest BCUT2D eigenvalue weighted by molar-refractivity contribution is 8.04. The van der Waals surface area contributed by atoms with Crippen molar-refractivity contribution < 1.29 is 17.6 Å². The number of benzene rings is 1. The van der Waals surface area contributed by atoms with Crippen LogP contribution in [-0.2, 0) is 6.18 Å². The molecule has 0 bridgehead atoms. The summed E-state index contributed by atoms with van der Waals surface area (Å²) >= 11 is 1.52. The molecule has 1 heterocycles. The summed E-state index contributed by atoms with van der Waals surface area (Å²) < 4.78 is 50.0. The largest absolute Gasteiger partial charge is 0.419 e. The van der Waals surface area contributed by atoms with Crippen LogP contribution in [0.1, 0.15) is 11.1 Å². The molecule has 15 heavy (non-hydrogen) atoms. The van der Waals surface area contributed by atoms with Crippen molar-refractivity contribution in [3.05, 3.63) is 40.6 Å². The van der Waals surface area contributed by atoms with E-state index in [4.69, 9.17) is 0 Å². The van der Waals surface area contributed by atoms with Gasteiger partial charge >= 0.3 is 6.18 Å². The highest BCUT2D eigenvalue weighted by Crippen LogP contribution is 2.36. The van der Waals surface area contributed by atoms with Gasteiger partial charge in [0.1, 0.15) is 5.82 Å². The van der Waals surface area contributed by atoms with Crippen molar-refractivity contribution in [2.24, 2.45) is 0 Å². The Balaban J connectivity index is 2.45. The standard InChI is InChI=1S/C10H6F4S/c11-9-2-1-6(7-4-15-5-7)3-8(9)10(12,13)14/h1-4H,5H2. The Morgan fingerprint density at radius 2 is 1.87 bits per heavy atom. The molecule has 0 spiro atoms. The Labute approximate surface area is 88.0 Å². The van der Waals surface area contributed by atoms with Crippen molar-refractivity contribution in [3.8, 4) is 0 Å². The van der Waals surface area contributed by atoms with Gasteiger partial charge in [0.05, 0.1) is 5.56 Å². The van der Waals surface area contributed by atoms with Gasteiger partial charge in [-0.3, -0.25) is 0 Å². The Kier molecular flexibility index (Phi) is 2.50. The minimum Gasteiger partial charge on any atom is -0.206 e. The molecule has 0 fully saturated rings. The fourth-order valence-electron chi connectivity index (χ4n) is 1.26. The van der Waals surface area contributed by atoms with Gasteiger partial charge < -0.3 is 0 Å². The number of alkyl halides is 3. The summed E-state index contributed by atoms with van der Waals surface area (Å²) in [6.07, 6.45) is -4.63. The molecule has 1 aromatic rings. The summed E-state index contributed by atoms with van der Waals surface area (Å²) in [4.78, 5) is 0. The van der Waals surface area contributed by atoms with Crippen molar-refractivity contribution in [3.63, 3.8) is 0 Å². The molecule has 0 unspecified atom stereocenters. The normalized spacial score (nSPS) is 15.9. The molecule has 0 aliphatic carbocycles. The molecule has 5 heteroatoms. The lowest BCUT2D eigenvalue weighted by molar-refractivity contribution is -0.140. The second-order valence-electron chi connectivity index (χ2n) is 3.15. The lowest BCUT2D eigenvalue weighted by Gasteiger charge is -2.16. The fourth-order valence-corrected chi connectivity index (χ4v) is 1.90. The first-order valence-corrected chi connectivity index (χ1v) is 5.21. The second-order valence-corrected chi connectivity index (χ2v) is 4.00. The smallest absolute Gasteiger partial charge is 0.206 e. The van der Waals surface area contributed by atoms with Crippen LogP contribution in [-0.4, -0.2) is 5.75 Å². The zero-order valence-corrected chi connectivity index (χ0v) is 8.25. The van der Waals surface area contributed by atoms with Crippen LogP contribution in [0.5, 0.6) is 0 Å². The van der Waals surface area contributed by atoms with Crippen LogP contribution >= 0.6 is 11.8 Å². The average Bonchev–Trinajstić information content (AvgIpc) is 2.03. The molecule has 0 atom stereocenters. The van der Waals surface area contributed by atoms with Gasteiger partial charge in [0.15, 0.2) is 0 Å². The van der Waals surface area contributed by atoms with Gasteiger partial charge in [0.2, 0.25) is 0 Å². The molecule has 0 nitrogen and oxygen atoms in total. The van der Waals surface area contributed by atoms with Gasteiger partial charge in [-0.15, -0.1) is 11.8 Å². The highest BCUT2D eigenvalue weighted by atomic mass is 32.2. The van der Waals surface area contributed by atoms with E-state index in [9.17, 15) is 17.6 Å². The SMILES string of the molecule is Fc1ccc(C2=CSC2)cc1C(F)(F)F. The zero-order chi connectivity index (χ0) is 11.1. The van der Waals surface area contributed by atoms with E-state index in [0.717, 1.165) is 17.7 Å². The number of hydrogen-bond acceptors (Lipinski definition) is 1. The number of halogens is 4. The molecular formula is C10H6F4S. The summed E-state index contributed by atoms with van der Waals surface area (Å²) in [5.41, 5.74) is 0.0748. The molecule has 0 saturated carbocycles. The van der Waals surface area contributed by atoms with Crippen LogP contribution < -0.4 is 0 Å². The van der Waals surface area contributed by atoms with E-state index in [1.54, 1.807) is 5.41 Å². The number of hydrogen-bond donors (Lipinski definition) is 0. The average molecular weight is 234 g/mol. The van der Waals surface area contributed by atoms with Crippen LogP contribution in [0.4, 0.5) is 17.6 Å². The molecule has 80 valence electrons. The van der Waals surface area contributed by atoms with Crippen molar-refractivity contribution in [2.75, 3.05) is 5.75 Å². The molecule has 0 radical (unpaired) electrons. The van der Waals surface area contributed by atoms with Gasteiger partial charge in [-0.05, 0) is 28.7 Å². The Morgan fingerprint density at radius 3 is 2.33 bits per heavy atom. The van der Waals surface area contributed by atoms with Crippen molar-refractivity contribution in [1.29, 1.82) is 0 Å². The van der Waals surface area contributed by atoms with E-state index in [-0.39, 0.29) is 0 Å². The van der Waals surface area contributed by atoms with E-state index < -0.39 is 17.6 Å². The summed E-state index contributed by atoms with van der Waals surface area (Å²) in [6, 6.07) is 3.10. The summed E-state index contributed by atoms with van der Waals surface area (Å²) in [5.74, 6) is -0.540. The predicted octanol–water partition coefficient (Wildman–Crippen LogP) is 3.93. The topological polar surface area (TPSA) is 0 Å². The summed E-state index contributed by atoms with van der Waals surface area (Å²) in [6.45, 7) is 0. The van der Waals surface area contributed by atoms with Crippen LogP contribution in [0.15, 0.2) is 23.6 Å². The Morgan fingerprint density at radius 1 is 1.20 bits per heavy atom. The van der Waals surface area contributed by atoms with Gasteiger partial charge in [0.25, 0.3) is 0 Å². The number of thioether (sulfide) groups is 1. The zero-order valence-electron chi connectivity index (χ0n) is 7.44. The second kappa shape index (κ2) is 3.56.